The standard InChI is InChI=1S/C13H8Cl2FNO2/c14-8-3-7(4-9(15)5-8)13-11(16)2-1-10(17-13)6-12(18)19/h1-5H,6H2,(H,18,19). The predicted octanol–water partition coefficient (Wildman–Crippen LogP) is 3.82. The summed E-state index contributed by atoms with van der Waals surface area (Å²) in [6, 6.07) is 7.06. The minimum atomic E-state index is -1.03. The molecule has 2 rings (SSSR count). The van der Waals surface area contributed by atoms with Gasteiger partial charge in [-0.05, 0) is 30.3 Å². The van der Waals surface area contributed by atoms with Gasteiger partial charge in [0.25, 0.3) is 0 Å². The molecule has 0 atom stereocenters. The van der Waals surface area contributed by atoms with E-state index in [1.54, 1.807) is 0 Å². The average Bonchev–Trinajstić information content (AvgIpc) is 2.29. The Labute approximate surface area is 118 Å². The highest BCUT2D eigenvalue weighted by atomic mass is 35.5. The summed E-state index contributed by atoms with van der Waals surface area (Å²) in [6.45, 7) is 0. The third kappa shape index (κ3) is 3.43. The van der Waals surface area contributed by atoms with Crippen LogP contribution in [0.1, 0.15) is 5.69 Å². The van der Waals surface area contributed by atoms with Crippen molar-refractivity contribution >= 4 is 29.2 Å². The molecule has 1 aromatic heterocycles. The number of benzene rings is 1. The van der Waals surface area contributed by atoms with E-state index in [0.29, 0.717) is 15.6 Å². The molecular formula is C13H8Cl2FNO2. The Hall–Kier alpha value is -1.65. The molecule has 0 bridgehead atoms. The van der Waals surface area contributed by atoms with Crippen molar-refractivity contribution in [3.8, 4) is 11.3 Å². The van der Waals surface area contributed by atoms with Gasteiger partial charge < -0.3 is 5.11 Å². The van der Waals surface area contributed by atoms with Crippen molar-refractivity contribution in [3.63, 3.8) is 0 Å². The third-order valence-electron chi connectivity index (χ3n) is 2.37. The smallest absolute Gasteiger partial charge is 0.309 e. The average molecular weight is 300 g/mol. The second-order valence-electron chi connectivity index (χ2n) is 3.86. The van der Waals surface area contributed by atoms with Crippen LogP contribution in [0.25, 0.3) is 11.3 Å². The Bertz CT molecular complexity index is 626. The summed E-state index contributed by atoms with van der Waals surface area (Å²) in [7, 11) is 0. The van der Waals surface area contributed by atoms with Gasteiger partial charge in [0.15, 0.2) is 0 Å². The molecule has 0 spiro atoms. The first kappa shape index (κ1) is 13.8. The second-order valence-corrected chi connectivity index (χ2v) is 4.73. The number of aromatic nitrogens is 1. The predicted molar refractivity (Wildman–Crippen MR) is 71.0 cm³/mol. The molecule has 0 saturated heterocycles. The van der Waals surface area contributed by atoms with Crippen LogP contribution in [0.15, 0.2) is 30.3 Å². The van der Waals surface area contributed by atoms with Crippen LogP contribution in [0.3, 0.4) is 0 Å². The van der Waals surface area contributed by atoms with Gasteiger partial charge in [0.1, 0.15) is 11.5 Å². The Kier molecular flexibility index (Phi) is 4.02. The quantitative estimate of drug-likeness (QED) is 0.937. The number of halogens is 3. The molecule has 6 heteroatoms. The number of nitrogens with zero attached hydrogens (tertiary/aromatic N) is 1. The van der Waals surface area contributed by atoms with Crippen LogP contribution in [-0.2, 0) is 11.2 Å². The molecule has 0 fully saturated rings. The maximum Gasteiger partial charge on any atom is 0.309 e. The zero-order chi connectivity index (χ0) is 14.0. The molecule has 19 heavy (non-hydrogen) atoms. The lowest BCUT2D eigenvalue weighted by Gasteiger charge is -2.06. The van der Waals surface area contributed by atoms with Gasteiger partial charge in [-0.15, -0.1) is 0 Å². The number of pyridine rings is 1. The van der Waals surface area contributed by atoms with E-state index in [1.807, 2.05) is 0 Å². The van der Waals surface area contributed by atoms with E-state index in [9.17, 15) is 9.18 Å². The summed E-state index contributed by atoms with van der Waals surface area (Å²) in [5.74, 6) is -1.60. The summed E-state index contributed by atoms with van der Waals surface area (Å²) >= 11 is 11.7. The zero-order valence-electron chi connectivity index (χ0n) is 9.53. The molecule has 3 nitrogen and oxygen atoms in total. The molecule has 1 aromatic carbocycles. The molecule has 0 radical (unpaired) electrons. The van der Waals surface area contributed by atoms with E-state index in [4.69, 9.17) is 28.3 Å². The highest BCUT2D eigenvalue weighted by Gasteiger charge is 2.11. The maximum absolute atomic E-state index is 13.8. The minimum absolute atomic E-state index is 0.0307. The molecule has 0 saturated carbocycles. The molecule has 2 aromatic rings. The lowest BCUT2D eigenvalue weighted by Crippen LogP contribution is -2.04. The number of carboxylic acids is 1. The van der Waals surface area contributed by atoms with Crippen LogP contribution < -0.4 is 0 Å². The van der Waals surface area contributed by atoms with Crippen molar-refractivity contribution in [3.05, 3.63) is 51.9 Å². The third-order valence-corrected chi connectivity index (χ3v) is 2.81. The fourth-order valence-corrected chi connectivity index (χ4v) is 2.15. The van der Waals surface area contributed by atoms with E-state index >= 15 is 0 Å². The highest BCUT2D eigenvalue weighted by Crippen LogP contribution is 2.27. The SMILES string of the molecule is O=C(O)Cc1ccc(F)c(-c2cc(Cl)cc(Cl)c2)n1. The summed E-state index contributed by atoms with van der Waals surface area (Å²) in [5.41, 5.74) is 0.699. The number of carboxylic acid groups (broad SMARTS) is 1. The van der Waals surface area contributed by atoms with Gasteiger partial charge in [-0.1, -0.05) is 23.2 Å². The maximum atomic E-state index is 13.8. The molecule has 0 aliphatic rings. The lowest BCUT2D eigenvalue weighted by atomic mass is 10.1. The van der Waals surface area contributed by atoms with Gasteiger partial charge in [-0.3, -0.25) is 4.79 Å². The number of rotatable bonds is 3. The van der Waals surface area contributed by atoms with Gasteiger partial charge >= 0.3 is 5.97 Å². The van der Waals surface area contributed by atoms with Gasteiger partial charge in [0.2, 0.25) is 0 Å². The molecule has 0 aliphatic carbocycles. The first-order valence-electron chi connectivity index (χ1n) is 5.29. The van der Waals surface area contributed by atoms with E-state index in [0.717, 1.165) is 0 Å². The molecule has 0 aliphatic heterocycles. The molecular weight excluding hydrogens is 292 g/mol. The molecule has 0 amide bonds. The first-order valence-corrected chi connectivity index (χ1v) is 6.05. The number of hydrogen-bond donors (Lipinski definition) is 1. The number of hydrogen-bond acceptors (Lipinski definition) is 2. The fraction of sp³-hybridized carbons (Fsp3) is 0.0769. The van der Waals surface area contributed by atoms with Crippen LogP contribution in [0.5, 0.6) is 0 Å². The van der Waals surface area contributed by atoms with Crippen molar-refractivity contribution in [2.75, 3.05) is 0 Å². The van der Waals surface area contributed by atoms with E-state index in [1.165, 1.54) is 30.3 Å². The summed E-state index contributed by atoms with van der Waals surface area (Å²) in [5, 5.41) is 9.42. The first-order chi connectivity index (χ1) is 8.95. The van der Waals surface area contributed by atoms with Crippen LogP contribution in [0.2, 0.25) is 10.0 Å². The van der Waals surface area contributed by atoms with Gasteiger partial charge in [0, 0.05) is 15.6 Å². The Morgan fingerprint density at radius 1 is 1.21 bits per heavy atom. The summed E-state index contributed by atoms with van der Waals surface area (Å²) < 4.78 is 13.8. The molecule has 98 valence electrons. The van der Waals surface area contributed by atoms with Gasteiger partial charge in [-0.25, -0.2) is 9.37 Å². The van der Waals surface area contributed by atoms with Gasteiger partial charge in [-0.2, -0.15) is 0 Å². The minimum Gasteiger partial charge on any atom is -0.481 e. The highest BCUT2D eigenvalue weighted by molar-refractivity contribution is 6.35. The van der Waals surface area contributed by atoms with Crippen molar-refractivity contribution in [2.45, 2.75) is 6.42 Å². The van der Waals surface area contributed by atoms with Crippen molar-refractivity contribution < 1.29 is 14.3 Å². The van der Waals surface area contributed by atoms with E-state index < -0.39 is 11.8 Å². The van der Waals surface area contributed by atoms with Crippen LogP contribution >= 0.6 is 23.2 Å². The monoisotopic (exact) mass is 299 g/mol. The second kappa shape index (κ2) is 5.55. The van der Waals surface area contributed by atoms with Crippen LogP contribution in [0, 0.1) is 5.82 Å². The van der Waals surface area contributed by atoms with Crippen LogP contribution in [0.4, 0.5) is 4.39 Å². The lowest BCUT2D eigenvalue weighted by molar-refractivity contribution is -0.136. The Morgan fingerprint density at radius 2 is 1.84 bits per heavy atom. The normalized spacial score (nSPS) is 10.5. The van der Waals surface area contributed by atoms with E-state index in [2.05, 4.69) is 4.98 Å². The van der Waals surface area contributed by atoms with Crippen molar-refractivity contribution in [2.24, 2.45) is 0 Å². The summed E-state index contributed by atoms with van der Waals surface area (Å²) in [4.78, 5) is 14.6. The molecule has 1 heterocycles. The number of carbonyl (C=O) groups is 1. The fourth-order valence-electron chi connectivity index (χ4n) is 1.63. The topological polar surface area (TPSA) is 50.2 Å². The molecule has 0 unspecified atom stereocenters. The Balaban J connectivity index is 2.51. The number of aliphatic carboxylic acids is 1. The van der Waals surface area contributed by atoms with Crippen molar-refractivity contribution in [1.82, 2.24) is 4.98 Å². The largest absolute Gasteiger partial charge is 0.481 e. The van der Waals surface area contributed by atoms with Crippen molar-refractivity contribution in [1.29, 1.82) is 0 Å². The van der Waals surface area contributed by atoms with Gasteiger partial charge in [0.05, 0.1) is 12.1 Å². The molecule has 1 N–H and O–H groups in total. The van der Waals surface area contributed by atoms with E-state index in [-0.39, 0.29) is 17.8 Å². The summed E-state index contributed by atoms with van der Waals surface area (Å²) in [6.07, 6.45) is -0.276. The Morgan fingerprint density at radius 3 is 2.42 bits per heavy atom. The van der Waals surface area contributed by atoms with Crippen LogP contribution in [-0.4, -0.2) is 16.1 Å². The zero-order valence-corrected chi connectivity index (χ0v) is 11.0.